The number of carbonyl (C=O) groups is 1. The number of anilines is 1. The van der Waals surface area contributed by atoms with Gasteiger partial charge in [-0.15, -0.1) is 0 Å². The number of hydrogen-bond donors (Lipinski definition) is 1. The van der Waals surface area contributed by atoms with Crippen LogP contribution in [0.2, 0.25) is 0 Å². The maximum atomic E-state index is 13.5. The predicted molar refractivity (Wildman–Crippen MR) is 98.7 cm³/mol. The summed E-state index contributed by atoms with van der Waals surface area (Å²) in [5.41, 5.74) is 3.69. The van der Waals surface area contributed by atoms with Crippen LogP contribution in [0.25, 0.3) is 22.3 Å². The molecule has 27 heavy (non-hydrogen) atoms. The molecule has 0 bridgehead atoms. The van der Waals surface area contributed by atoms with Crippen LogP contribution in [0.5, 0.6) is 0 Å². The number of nitro benzene ring substituents is 1. The fourth-order valence-corrected chi connectivity index (χ4v) is 3.23. The molecule has 0 saturated heterocycles. The number of aryl methyl sites for hydroxylation is 1. The zero-order valence-electron chi connectivity index (χ0n) is 14.1. The fourth-order valence-electron chi connectivity index (χ4n) is 3.23. The monoisotopic (exact) mass is 363 g/mol. The van der Waals surface area contributed by atoms with Gasteiger partial charge in [-0.1, -0.05) is 12.1 Å². The van der Waals surface area contributed by atoms with Crippen molar-refractivity contribution in [1.82, 2.24) is 4.98 Å². The first-order chi connectivity index (χ1) is 13.0. The highest BCUT2D eigenvalue weighted by atomic mass is 19.1. The Morgan fingerprint density at radius 1 is 1.04 bits per heavy atom. The van der Waals surface area contributed by atoms with E-state index in [9.17, 15) is 19.3 Å². The second-order valence-electron chi connectivity index (χ2n) is 6.31. The number of hydrogen-bond acceptors (Lipinski definition) is 4. The number of aromatic nitrogens is 1. The van der Waals surface area contributed by atoms with Crippen LogP contribution >= 0.6 is 0 Å². The van der Waals surface area contributed by atoms with Crippen molar-refractivity contribution in [3.63, 3.8) is 0 Å². The first-order valence-corrected chi connectivity index (χ1v) is 8.34. The molecule has 0 saturated carbocycles. The van der Waals surface area contributed by atoms with Crippen molar-refractivity contribution in [2.45, 2.75) is 12.8 Å². The molecule has 1 amide bonds. The average molecular weight is 363 g/mol. The highest BCUT2D eigenvalue weighted by molar-refractivity contribution is 5.99. The van der Waals surface area contributed by atoms with Crippen LogP contribution in [-0.4, -0.2) is 15.8 Å². The molecule has 0 spiro atoms. The number of fused-ring (bicyclic) bond motifs is 1. The summed E-state index contributed by atoms with van der Waals surface area (Å²) in [5, 5.41) is 14.1. The van der Waals surface area contributed by atoms with E-state index in [1.165, 1.54) is 24.3 Å². The Kier molecular flexibility index (Phi) is 4.12. The predicted octanol–water partition coefficient (Wildman–Crippen LogP) is 4.35. The summed E-state index contributed by atoms with van der Waals surface area (Å²) < 4.78 is 13.5. The topological polar surface area (TPSA) is 85.1 Å². The summed E-state index contributed by atoms with van der Waals surface area (Å²) in [7, 11) is 0. The lowest BCUT2D eigenvalue weighted by atomic mass is 9.93. The molecule has 0 atom stereocenters. The molecule has 1 aliphatic rings. The van der Waals surface area contributed by atoms with E-state index in [1.807, 2.05) is 0 Å². The summed E-state index contributed by atoms with van der Waals surface area (Å²) in [6.07, 6.45) is 3.89. The van der Waals surface area contributed by atoms with Gasteiger partial charge in [-0.2, -0.15) is 0 Å². The third-order valence-corrected chi connectivity index (χ3v) is 4.51. The molecule has 2 heterocycles. The van der Waals surface area contributed by atoms with Crippen LogP contribution in [0.1, 0.15) is 12.0 Å². The van der Waals surface area contributed by atoms with E-state index in [0.717, 1.165) is 5.56 Å². The van der Waals surface area contributed by atoms with Crippen LogP contribution in [0, 0.1) is 15.9 Å². The molecule has 7 heteroatoms. The number of halogens is 1. The standard InChI is InChI=1S/C20H14FN3O3/c21-16-3-1-2-12(7-16)14-6-15(11-22-10-14)18-9-17(24(26)27)8-13-4-5-19(25)23-20(13)18/h1-3,6-11H,4-5H2,(H,23,25). The van der Waals surface area contributed by atoms with Gasteiger partial charge in [0, 0.05) is 47.6 Å². The number of non-ortho nitro benzene ring substituents is 1. The molecule has 1 N–H and O–H groups in total. The second kappa shape index (κ2) is 6.60. The highest BCUT2D eigenvalue weighted by Gasteiger charge is 2.23. The lowest BCUT2D eigenvalue weighted by Crippen LogP contribution is -2.20. The Morgan fingerprint density at radius 2 is 1.85 bits per heavy atom. The fraction of sp³-hybridized carbons (Fsp3) is 0.100. The SMILES string of the molecule is O=C1CCc2cc([N+](=O)[O-])cc(-c3cncc(-c4cccc(F)c4)c3)c2N1. The summed E-state index contributed by atoms with van der Waals surface area (Å²) in [6.45, 7) is 0. The first-order valence-electron chi connectivity index (χ1n) is 8.34. The maximum absolute atomic E-state index is 13.5. The van der Waals surface area contributed by atoms with Crippen LogP contribution < -0.4 is 5.32 Å². The molecule has 3 aromatic rings. The van der Waals surface area contributed by atoms with Crippen molar-refractivity contribution in [2.24, 2.45) is 0 Å². The largest absolute Gasteiger partial charge is 0.325 e. The van der Waals surface area contributed by atoms with E-state index < -0.39 is 4.92 Å². The number of rotatable bonds is 3. The Balaban J connectivity index is 1.88. The molecule has 0 aliphatic carbocycles. The molecular formula is C20H14FN3O3. The minimum absolute atomic E-state index is 0.0453. The molecule has 2 aromatic carbocycles. The number of carbonyl (C=O) groups excluding carboxylic acids is 1. The van der Waals surface area contributed by atoms with Gasteiger partial charge in [-0.05, 0) is 35.7 Å². The van der Waals surface area contributed by atoms with Gasteiger partial charge in [0.25, 0.3) is 5.69 Å². The smallest absolute Gasteiger partial charge is 0.270 e. The zero-order chi connectivity index (χ0) is 19.0. The minimum atomic E-state index is -0.454. The molecule has 1 aromatic heterocycles. The Hall–Kier alpha value is -3.61. The van der Waals surface area contributed by atoms with E-state index in [4.69, 9.17) is 0 Å². The molecule has 0 fully saturated rings. The van der Waals surface area contributed by atoms with E-state index >= 15 is 0 Å². The third kappa shape index (κ3) is 3.27. The van der Waals surface area contributed by atoms with Gasteiger partial charge in [-0.25, -0.2) is 4.39 Å². The summed E-state index contributed by atoms with van der Waals surface area (Å²) in [6, 6.07) is 10.8. The van der Waals surface area contributed by atoms with E-state index in [0.29, 0.717) is 34.4 Å². The van der Waals surface area contributed by atoms with Gasteiger partial charge >= 0.3 is 0 Å². The van der Waals surface area contributed by atoms with E-state index in [2.05, 4.69) is 10.3 Å². The summed E-state index contributed by atoms with van der Waals surface area (Å²) in [4.78, 5) is 26.9. The number of amides is 1. The van der Waals surface area contributed by atoms with Gasteiger partial charge in [0.2, 0.25) is 5.91 Å². The number of benzene rings is 2. The molecule has 4 rings (SSSR count). The Labute approximate surface area is 153 Å². The molecule has 0 unspecified atom stereocenters. The Morgan fingerprint density at radius 3 is 2.63 bits per heavy atom. The van der Waals surface area contributed by atoms with Crippen LogP contribution in [0.15, 0.2) is 54.9 Å². The molecule has 6 nitrogen and oxygen atoms in total. The third-order valence-electron chi connectivity index (χ3n) is 4.51. The quantitative estimate of drug-likeness (QED) is 0.554. The molecule has 0 radical (unpaired) electrons. The van der Waals surface area contributed by atoms with Gasteiger partial charge in [0.1, 0.15) is 5.82 Å². The molecule has 1 aliphatic heterocycles. The summed E-state index contributed by atoms with van der Waals surface area (Å²) in [5.74, 6) is -0.496. The summed E-state index contributed by atoms with van der Waals surface area (Å²) >= 11 is 0. The van der Waals surface area contributed by atoms with Crippen molar-refractivity contribution in [1.29, 1.82) is 0 Å². The van der Waals surface area contributed by atoms with Crippen molar-refractivity contribution < 1.29 is 14.1 Å². The van der Waals surface area contributed by atoms with E-state index in [1.54, 1.807) is 30.6 Å². The maximum Gasteiger partial charge on any atom is 0.270 e. The Bertz CT molecular complexity index is 1080. The number of nitro groups is 1. The zero-order valence-corrected chi connectivity index (χ0v) is 14.1. The second-order valence-corrected chi connectivity index (χ2v) is 6.31. The van der Waals surface area contributed by atoms with Crippen molar-refractivity contribution >= 4 is 17.3 Å². The lowest BCUT2D eigenvalue weighted by Gasteiger charge is -2.20. The number of nitrogens with one attached hydrogen (secondary N) is 1. The van der Waals surface area contributed by atoms with Gasteiger partial charge < -0.3 is 5.32 Å². The number of nitrogens with zero attached hydrogens (tertiary/aromatic N) is 2. The van der Waals surface area contributed by atoms with Crippen molar-refractivity contribution in [3.05, 3.63) is 76.4 Å². The van der Waals surface area contributed by atoms with Crippen molar-refractivity contribution in [3.8, 4) is 22.3 Å². The first kappa shape index (κ1) is 16.8. The minimum Gasteiger partial charge on any atom is -0.325 e. The van der Waals surface area contributed by atoms with Crippen LogP contribution in [0.4, 0.5) is 15.8 Å². The highest BCUT2D eigenvalue weighted by Crippen LogP contribution is 2.38. The van der Waals surface area contributed by atoms with Crippen LogP contribution in [-0.2, 0) is 11.2 Å². The average Bonchev–Trinajstić information content (AvgIpc) is 2.67. The van der Waals surface area contributed by atoms with Crippen LogP contribution in [0.3, 0.4) is 0 Å². The van der Waals surface area contributed by atoms with Gasteiger partial charge in [-0.3, -0.25) is 19.9 Å². The molecule has 134 valence electrons. The van der Waals surface area contributed by atoms with Gasteiger partial charge in [0.05, 0.1) is 10.6 Å². The lowest BCUT2D eigenvalue weighted by molar-refractivity contribution is -0.384. The van der Waals surface area contributed by atoms with Crippen molar-refractivity contribution in [2.75, 3.05) is 5.32 Å². The number of pyridine rings is 1. The van der Waals surface area contributed by atoms with Gasteiger partial charge in [0.15, 0.2) is 0 Å². The normalized spacial score (nSPS) is 13.0. The molecular weight excluding hydrogens is 349 g/mol. The van der Waals surface area contributed by atoms with E-state index in [-0.39, 0.29) is 23.8 Å².